The average molecular weight is 281 g/mol. The van der Waals surface area contributed by atoms with Crippen molar-refractivity contribution in [3.8, 4) is 0 Å². The summed E-state index contributed by atoms with van der Waals surface area (Å²) in [6.07, 6.45) is 1.09. The Labute approximate surface area is 124 Å². The molecule has 2 aromatic carbocycles. The first kappa shape index (κ1) is 13.7. The van der Waals surface area contributed by atoms with Gasteiger partial charge in [-0.1, -0.05) is 30.3 Å². The minimum absolute atomic E-state index is 0.576. The van der Waals surface area contributed by atoms with Gasteiger partial charge in [-0.05, 0) is 35.2 Å². The lowest BCUT2D eigenvalue weighted by Crippen LogP contribution is -2.29. The first-order valence-corrected chi connectivity index (χ1v) is 7.06. The maximum absolute atomic E-state index is 7.22. The molecule has 4 N–H and O–H groups in total. The summed E-state index contributed by atoms with van der Waals surface area (Å²) < 4.78 is 0. The molecule has 5 heteroatoms. The third-order valence-corrected chi connectivity index (χ3v) is 3.95. The van der Waals surface area contributed by atoms with Crippen LogP contribution >= 0.6 is 0 Å². The highest BCUT2D eigenvalue weighted by Gasteiger charge is 2.16. The van der Waals surface area contributed by atoms with Crippen LogP contribution in [-0.2, 0) is 19.5 Å². The van der Waals surface area contributed by atoms with E-state index in [4.69, 9.17) is 11.4 Å². The van der Waals surface area contributed by atoms with Gasteiger partial charge in [0.05, 0.1) is 5.69 Å². The molecule has 1 aliphatic heterocycles. The molecule has 0 spiro atoms. The number of anilines is 1. The van der Waals surface area contributed by atoms with Crippen molar-refractivity contribution in [2.45, 2.75) is 19.5 Å². The minimum atomic E-state index is 0.576. The molecule has 21 heavy (non-hydrogen) atoms. The number of hydrazine groups is 1. The molecule has 0 saturated carbocycles. The number of nitrogen functional groups attached to an aromatic ring is 1. The van der Waals surface area contributed by atoms with Crippen molar-refractivity contribution in [2.75, 3.05) is 12.0 Å². The van der Waals surface area contributed by atoms with Crippen LogP contribution in [0.25, 0.3) is 0 Å². The Kier molecular flexibility index (Phi) is 3.94. The van der Waals surface area contributed by atoms with E-state index >= 15 is 0 Å². The number of nitrogens with zero attached hydrogens (tertiary/aromatic N) is 2. The van der Waals surface area contributed by atoms with Crippen LogP contribution in [0.2, 0.25) is 0 Å². The van der Waals surface area contributed by atoms with E-state index in [1.807, 2.05) is 18.2 Å². The molecule has 0 saturated heterocycles. The summed E-state index contributed by atoms with van der Waals surface area (Å²) in [6.45, 7) is 2.89. The number of benzene rings is 2. The van der Waals surface area contributed by atoms with Crippen molar-refractivity contribution in [3.63, 3.8) is 0 Å². The molecule has 0 unspecified atom stereocenters. The number of rotatable bonds is 4. The van der Waals surface area contributed by atoms with Crippen LogP contribution in [0.5, 0.6) is 0 Å². The van der Waals surface area contributed by atoms with E-state index in [1.54, 1.807) is 0 Å². The highest BCUT2D eigenvalue weighted by atomic mass is 15.2. The van der Waals surface area contributed by atoms with Crippen LogP contribution in [-0.4, -0.2) is 11.4 Å². The second-order valence-electron chi connectivity index (χ2n) is 5.34. The smallest absolute Gasteiger partial charge is 0.110 e. The summed E-state index contributed by atoms with van der Waals surface area (Å²) in [4.78, 5) is 2.42. The third kappa shape index (κ3) is 2.94. The minimum Gasteiger partial charge on any atom is -0.322 e. The van der Waals surface area contributed by atoms with Crippen molar-refractivity contribution in [2.24, 2.45) is 11.0 Å². The van der Waals surface area contributed by atoms with Crippen LogP contribution < -0.4 is 11.3 Å². The molecule has 0 aliphatic carbocycles. The molecule has 0 atom stereocenters. The Morgan fingerprint density at radius 3 is 2.76 bits per heavy atom. The van der Waals surface area contributed by atoms with Crippen molar-refractivity contribution in [3.05, 3.63) is 59.2 Å². The van der Waals surface area contributed by atoms with E-state index in [2.05, 4.69) is 39.7 Å². The average Bonchev–Trinajstić information content (AvgIpc) is 2.54. The van der Waals surface area contributed by atoms with Gasteiger partial charge in [0.15, 0.2) is 0 Å². The normalized spacial score (nSPS) is 14.5. The van der Waals surface area contributed by atoms with Crippen LogP contribution in [0.3, 0.4) is 0 Å². The predicted molar refractivity (Wildman–Crippen MR) is 83.3 cm³/mol. The number of hydrogen-bond acceptors (Lipinski definition) is 5. The number of nitrogens with one attached hydrogen (secondary N) is 2. The van der Waals surface area contributed by atoms with Crippen molar-refractivity contribution < 1.29 is 0 Å². The molecule has 1 heterocycles. The zero-order valence-electron chi connectivity index (χ0n) is 11.8. The number of hydrogen-bond donors (Lipinski definition) is 3. The SMILES string of the molecule is N=Nc1cc(CN2CCc3ccccc3C2)ccc1NN. The highest BCUT2D eigenvalue weighted by Crippen LogP contribution is 2.27. The van der Waals surface area contributed by atoms with Gasteiger partial charge in [-0.15, -0.1) is 0 Å². The maximum Gasteiger partial charge on any atom is 0.110 e. The van der Waals surface area contributed by atoms with E-state index in [1.165, 1.54) is 11.1 Å². The Morgan fingerprint density at radius 1 is 1.19 bits per heavy atom. The van der Waals surface area contributed by atoms with Crippen molar-refractivity contribution in [1.29, 1.82) is 5.53 Å². The van der Waals surface area contributed by atoms with Crippen molar-refractivity contribution >= 4 is 11.4 Å². The second-order valence-corrected chi connectivity index (χ2v) is 5.34. The monoisotopic (exact) mass is 281 g/mol. The molecular formula is C16H19N5. The predicted octanol–water partition coefficient (Wildman–Crippen LogP) is 3.19. The van der Waals surface area contributed by atoms with Gasteiger partial charge in [0.1, 0.15) is 5.69 Å². The Bertz CT molecular complexity index is 653. The molecule has 0 bridgehead atoms. The topological polar surface area (TPSA) is 77.5 Å². The first-order valence-electron chi connectivity index (χ1n) is 7.06. The molecule has 0 radical (unpaired) electrons. The highest BCUT2D eigenvalue weighted by molar-refractivity contribution is 5.65. The summed E-state index contributed by atoms with van der Waals surface area (Å²) in [5.74, 6) is 5.41. The summed E-state index contributed by atoms with van der Waals surface area (Å²) in [5, 5.41) is 3.52. The van der Waals surface area contributed by atoms with Gasteiger partial charge in [-0.25, -0.2) is 5.53 Å². The zero-order valence-corrected chi connectivity index (χ0v) is 11.8. The molecule has 2 aromatic rings. The van der Waals surface area contributed by atoms with E-state index in [9.17, 15) is 0 Å². The third-order valence-electron chi connectivity index (χ3n) is 3.95. The lowest BCUT2D eigenvalue weighted by atomic mass is 9.99. The van der Waals surface area contributed by atoms with E-state index in [0.29, 0.717) is 11.4 Å². The van der Waals surface area contributed by atoms with E-state index in [0.717, 1.165) is 31.6 Å². The van der Waals surface area contributed by atoms with Gasteiger partial charge in [0.2, 0.25) is 0 Å². The molecule has 0 aromatic heterocycles. The molecular weight excluding hydrogens is 262 g/mol. The van der Waals surface area contributed by atoms with E-state index in [-0.39, 0.29) is 0 Å². The molecule has 3 rings (SSSR count). The van der Waals surface area contributed by atoms with E-state index < -0.39 is 0 Å². The van der Waals surface area contributed by atoms with Gasteiger partial charge >= 0.3 is 0 Å². The van der Waals surface area contributed by atoms with Gasteiger partial charge < -0.3 is 5.43 Å². The Morgan fingerprint density at radius 2 is 2.00 bits per heavy atom. The molecule has 1 aliphatic rings. The summed E-state index contributed by atoms with van der Waals surface area (Å²) in [7, 11) is 0. The van der Waals surface area contributed by atoms with Crippen molar-refractivity contribution in [1.82, 2.24) is 4.90 Å². The number of fused-ring (bicyclic) bond motifs is 1. The van der Waals surface area contributed by atoms with Gasteiger partial charge in [-0.2, -0.15) is 5.11 Å². The second kappa shape index (κ2) is 6.03. The fourth-order valence-corrected chi connectivity index (χ4v) is 2.84. The van der Waals surface area contributed by atoms with Gasteiger partial charge in [-0.3, -0.25) is 10.7 Å². The lowest BCUT2D eigenvalue weighted by Gasteiger charge is -2.28. The van der Waals surface area contributed by atoms with Crippen LogP contribution in [0.1, 0.15) is 16.7 Å². The quantitative estimate of drug-likeness (QED) is 0.457. The number of nitrogens with two attached hydrogens (primary N) is 1. The summed E-state index contributed by atoms with van der Waals surface area (Å²) >= 11 is 0. The Hall–Kier alpha value is -2.24. The van der Waals surface area contributed by atoms with Crippen LogP contribution in [0.4, 0.5) is 11.4 Å². The zero-order chi connectivity index (χ0) is 14.7. The summed E-state index contributed by atoms with van der Waals surface area (Å²) in [6, 6.07) is 14.4. The molecule has 0 fully saturated rings. The fraction of sp³-hybridized carbons (Fsp3) is 0.250. The fourth-order valence-electron chi connectivity index (χ4n) is 2.84. The molecule has 0 amide bonds. The van der Waals surface area contributed by atoms with Crippen LogP contribution in [0.15, 0.2) is 47.6 Å². The van der Waals surface area contributed by atoms with Gasteiger partial charge in [0, 0.05) is 19.6 Å². The summed E-state index contributed by atoms with van der Waals surface area (Å²) in [5.41, 5.74) is 15.1. The standard InChI is InChI=1S/C16H19N5/c17-19-15-6-5-12(9-16(15)20-18)10-21-8-7-13-3-1-2-4-14(13)11-21/h1-6,9,18-19H,7-8,10-11,17H2. The first-order chi connectivity index (χ1) is 10.3. The molecule has 5 nitrogen and oxygen atoms in total. The maximum atomic E-state index is 7.22. The Balaban J connectivity index is 1.75. The van der Waals surface area contributed by atoms with Crippen LogP contribution in [0, 0.1) is 5.53 Å². The molecule has 108 valence electrons. The largest absolute Gasteiger partial charge is 0.322 e. The van der Waals surface area contributed by atoms with Gasteiger partial charge in [0.25, 0.3) is 0 Å². The lowest BCUT2D eigenvalue weighted by molar-refractivity contribution is 0.245.